The molecule has 0 radical (unpaired) electrons. The summed E-state index contributed by atoms with van der Waals surface area (Å²) < 4.78 is 18.0. The summed E-state index contributed by atoms with van der Waals surface area (Å²) in [5.41, 5.74) is 0.601. The topological polar surface area (TPSA) is 91.3 Å². The van der Waals surface area contributed by atoms with Crippen LogP contribution in [0.4, 0.5) is 0 Å². The molecule has 1 atom stereocenters. The zero-order valence-electron chi connectivity index (χ0n) is 12.9. The molecule has 2 fully saturated rings. The highest BCUT2D eigenvalue weighted by atomic mass is 16.5. The minimum atomic E-state index is 0.226. The Bertz CT molecular complexity index is 630. The van der Waals surface area contributed by atoms with E-state index in [2.05, 4.69) is 25.4 Å². The van der Waals surface area contributed by atoms with Crippen molar-refractivity contribution in [2.24, 2.45) is 0 Å². The lowest BCUT2D eigenvalue weighted by atomic mass is 10.2. The highest BCUT2D eigenvalue weighted by Crippen LogP contribution is 2.17. The third-order valence-corrected chi connectivity index (χ3v) is 4.11. The molecule has 0 spiro atoms. The molecule has 9 heteroatoms. The summed E-state index contributed by atoms with van der Waals surface area (Å²) in [6.45, 7) is 5.49. The van der Waals surface area contributed by atoms with Crippen LogP contribution in [-0.2, 0) is 22.6 Å². The average Bonchev–Trinajstić information content (AvgIpc) is 3.30. The zero-order valence-corrected chi connectivity index (χ0v) is 12.9. The van der Waals surface area contributed by atoms with Gasteiger partial charge in [-0.2, -0.15) is 4.98 Å². The quantitative estimate of drug-likeness (QED) is 0.779. The van der Waals surface area contributed by atoms with Gasteiger partial charge in [0, 0.05) is 19.7 Å². The summed E-state index contributed by atoms with van der Waals surface area (Å²) in [4.78, 5) is 6.65. The van der Waals surface area contributed by atoms with Gasteiger partial charge < -0.3 is 14.0 Å². The molecule has 0 unspecified atom stereocenters. The minimum Gasteiger partial charge on any atom is -0.379 e. The minimum absolute atomic E-state index is 0.226. The van der Waals surface area contributed by atoms with Crippen molar-refractivity contribution in [3.63, 3.8) is 0 Å². The number of hydrogen-bond donors (Lipinski definition) is 0. The predicted molar refractivity (Wildman–Crippen MR) is 78.4 cm³/mol. The van der Waals surface area contributed by atoms with Gasteiger partial charge in [-0.1, -0.05) is 10.4 Å². The second-order valence-electron chi connectivity index (χ2n) is 5.87. The Morgan fingerprint density at radius 1 is 1.22 bits per heavy atom. The summed E-state index contributed by atoms with van der Waals surface area (Å²) in [5.74, 6) is 1.07. The molecule has 2 aliphatic rings. The summed E-state index contributed by atoms with van der Waals surface area (Å²) in [6, 6.07) is 0. The van der Waals surface area contributed by atoms with Gasteiger partial charge in [0.1, 0.15) is 0 Å². The van der Waals surface area contributed by atoms with E-state index in [-0.39, 0.29) is 6.10 Å². The maximum absolute atomic E-state index is 5.60. The Morgan fingerprint density at radius 2 is 2.13 bits per heavy atom. The third-order valence-electron chi connectivity index (χ3n) is 4.11. The van der Waals surface area contributed by atoms with E-state index in [1.807, 2.05) is 6.20 Å². The second-order valence-corrected chi connectivity index (χ2v) is 5.87. The van der Waals surface area contributed by atoms with Gasteiger partial charge >= 0.3 is 0 Å². The second kappa shape index (κ2) is 6.73. The Labute approximate surface area is 133 Å². The Balaban J connectivity index is 1.39. The first-order chi connectivity index (χ1) is 11.4. The van der Waals surface area contributed by atoms with E-state index in [0.717, 1.165) is 45.8 Å². The lowest BCUT2D eigenvalue weighted by molar-refractivity contribution is 0.0327. The van der Waals surface area contributed by atoms with Gasteiger partial charge in [0.05, 0.1) is 38.6 Å². The van der Waals surface area contributed by atoms with Crippen molar-refractivity contribution in [2.45, 2.75) is 32.0 Å². The van der Waals surface area contributed by atoms with E-state index >= 15 is 0 Å². The molecule has 0 aromatic carbocycles. The fourth-order valence-electron chi connectivity index (χ4n) is 2.86. The van der Waals surface area contributed by atoms with Gasteiger partial charge in [-0.3, -0.25) is 4.90 Å². The molecule has 4 heterocycles. The fraction of sp³-hybridized carbons (Fsp3) is 0.714. The molecule has 2 aliphatic heterocycles. The van der Waals surface area contributed by atoms with Crippen LogP contribution in [0.3, 0.4) is 0 Å². The molecule has 0 amide bonds. The number of morpholine rings is 1. The normalized spacial score (nSPS) is 22.7. The molecule has 9 nitrogen and oxygen atoms in total. The molecule has 4 rings (SSSR count). The molecule has 2 aromatic rings. The van der Waals surface area contributed by atoms with Crippen molar-refractivity contribution in [1.29, 1.82) is 0 Å². The summed E-state index contributed by atoms with van der Waals surface area (Å²) in [5, 5.41) is 12.3. The lowest BCUT2D eigenvalue weighted by Gasteiger charge is -2.24. The predicted octanol–water partition coefficient (Wildman–Crippen LogP) is 0.339. The van der Waals surface area contributed by atoms with Crippen molar-refractivity contribution in [1.82, 2.24) is 30.0 Å². The van der Waals surface area contributed by atoms with Crippen molar-refractivity contribution >= 4 is 0 Å². The van der Waals surface area contributed by atoms with Gasteiger partial charge in [0.15, 0.2) is 11.5 Å². The molecule has 0 N–H and O–H groups in total. The number of ether oxygens (including phenoxy) is 2. The smallest absolute Gasteiger partial charge is 0.280 e. The van der Waals surface area contributed by atoms with Crippen LogP contribution in [0.25, 0.3) is 11.6 Å². The standard InChI is InChI=1S/C14H20N6O3/c1-2-11(22-5-1)8-20-9-12(16-18-20)14-15-13(17-23-14)10-19-3-6-21-7-4-19/h9,11H,1-8,10H2/t11-/m1/s1. The molecule has 124 valence electrons. The van der Waals surface area contributed by atoms with Crippen molar-refractivity contribution in [2.75, 3.05) is 32.9 Å². The Hall–Kier alpha value is -1.84. The van der Waals surface area contributed by atoms with Crippen LogP contribution >= 0.6 is 0 Å². The Morgan fingerprint density at radius 3 is 2.96 bits per heavy atom. The van der Waals surface area contributed by atoms with E-state index < -0.39 is 0 Å². The number of nitrogens with zero attached hydrogens (tertiary/aromatic N) is 6. The number of hydrogen-bond acceptors (Lipinski definition) is 8. The highest BCUT2D eigenvalue weighted by molar-refractivity contribution is 5.43. The SMILES string of the molecule is c1c(-c2nc(CN3CCOCC3)no2)nnn1C[C@H]1CCCO1. The van der Waals surface area contributed by atoms with Crippen LogP contribution in [0.5, 0.6) is 0 Å². The van der Waals surface area contributed by atoms with Gasteiger partial charge in [0.25, 0.3) is 5.89 Å². The molecule has 0 saturated carbocycles. The zero-order chi connectivity index (χ0) is 15.5. The van der Waals surface area contributed by atoms with Gasteiger partial charge in [-0.05, 0) is 12.8 Å². The molecule has 2 aromatic heterocycles. The first kappa shape index (κ1) is 14.7. The van der Waals surface area contributed by atoms with Crippen LogP contribution in [0.1, 0.15) is 18.7 Å². The first-order valence-electron chi connectivity index (χ1n) is 8.01. The number of aromatic nitrogens is 5. The van der Waals surface area contributed by atoms with Crippen molar-refractivity contribution in [3.8, 4) is 11.6 Å². The van der Waals surface area contributed by atoms with Gasteiger partial charge in [0.2, 0.25) is 0 Å². The fourth-order valence-corrected chi connectivity index (χ4v) is 2.86. The van der Waals surface area contributed by atoms with Crippen LogP contribution in [0.2, 0.25) is 0 Å². The maximum atomic E-state index is 5.60. The molecular formula is C14H20N6O3. The third kappa shape index (κ3) is 3.57. The summed E-state index contributed by atoms with van der Waals surface area (Å²) >= 11 is 0. The van der Waals surface area contributed by atoms with Gasteiger partial charge in [-0.25, -0.2) is 4.68 Å². The maximum Gasteiger partial charge on any atom is 0.280 e. The van der Waals surface area contributed by atoms with Crippen molar-refractivity contribution in [3.05, 3.63) is 12.0 Å². The van der Waals surface area contributed by atoms with E-state index in [1.54, 1.807) is 4.68 Å². The van der Waals surface area contributed by atoms with Crippen LogP contribution < -0.4 is 0 Å². The van der Waals surface area contributed by atoms with E-state index in [0.29, 0.717) is 30.5 Å². The molecule has 0 aliphatic carbocycles. The van der Waals surface area contributed by atoms with Crippen LogP contribution in [-0.4, -0.2) is 69.0 Å². The molecule has 2 saturated heterocycles. The molecule has 0 bridgehead atoms. The molecule has 23 heavy (non-hydrogen) atoms. The van der Waals surface area contributed by atoms with E-state index in [1.165, 1.54) is 0 Å². The lowest BCUT2D eigenvalue weighted by Crippen LogP contribution is -2.35. The molecular weight excluding hydrogens is 300 g/mol. The Kier molecular flexibility index (Phi) is 4.31. The highest BCUT2D eigenvalue weighted by Gasteiger charge is 2.19. The van der Waals surface area contributed by atoms with E-state index in [9.17, 15) is 0 Å². The summed E-state index contributed by atoms with van der Waals surface area (Å²) in [6.07, 6.45) is 4.23. The largest absolute Gasteiger partial charge is 0.379 e. The van der Waals surface area contributed by atoms with Crippen LogP contribution in [0, 0.1) is 0 Å². The van der Waals surface area contributed by atoms with Gasteiger partial charge in [-0.15, -0.1) is 5.10 Å². The van der Waals surface area contributed by atoms with Crippen LogP contribution in [0.15, 0.2) is 10.7 Å². The first-order valence-corrected chi connectivity index (χ1v) is 8.01. The monoisotopic (exact) mass is 320 g/mol. The average molecular weight is 320 g/mol. The number of rotatable bonds is 5. The van der Waals surface area contributed by atoms with Crippen molar-refractivity contribution < 1.29 is 14.0 Å². The summed E-state index contributed by atoms with van der Waals surface area (Å²) in [7, 11) is 0. The van der Waals surface area contributed by atoms with E-state index in [4.69, 9.17) is 14.0 Å².